The van der Waals surface area contributed by atoms with Crippen molar-refractivity contribution in [3.05, 3.63) is 94.7 Å². The molecule has 0 N–H and O–H groups in total. The fraction of sp³-hybridized carbons (Fsp3) is 0.333. The molecule has 0 saturated heterocycles. The van der Waals surface area contributed by atoms with E-state index in [0.717, 1.165) is 27.5 Å². The lowest BCUT2D eigenvalue weighted by Crippen LogP contribution is -2.42. The predicted molar refractivity (Wildman–Crippen MR) is 140 cm³/mol. The van der Waals surface area contributed by atoms with Crippen LogP contribution in [-0.4, -0.2) is 32.2 Å². The van der Waals surface area contributed by atoms with E-state index in [1.165, 1.54) is 0 Å². The molecule has 0 spiro atoms. The summed E-state index contributed by atoms with van der Waals surface area (Å²) in [5, 5.41) is 1.43. The normalized spacial score (nSPS) is 13.4. The van der Waals surface area contributed by atoms with E-state index in [-0.39, 0.29) is 19.0 Å². The fourth-order valence-corrected chi connectivity index (χ4v) is 6.94. The number of benzene rings is 2. The lowest BCUT2D eigenvalue weighted by molar-refractivity contribution is 0.377. The molecule has 1 aromatic heterocycles. The minimum atomic E-state index is -3.66. The van der Waals surface area contributed by atoms with E-state index in [4.69, 9.17) is 9.47 Å². The Morgan fingerprint density at radius 2 is 1.47 bits per heavy atom. The number of nitrogens with zero attached hydrogens (tertiary/aromatic N) is 1. The Kier molecular flexibility index (Phi) is 9.33. The van der Waals surface area contributed by atoms with Crippen molar-refractivity contribution >= 4 is 21.4 Å². The molecule has 5 nitrogen and oxygen atoms in total. The van der Waals surface area contributed by atoms with Crippen molar-refractivity contribution in [1.29, 1.82) is 0 Å². The molecule has 3 aromatic rings. The van der Waals surface area contributed by atoms with Crippen molar-refractivity contribution < 1.29 is 17.9 Å². The molecule has 0 fully saturated rings. The summed E-state index contributed by atoms with van der Waals surface area (Å²) in [4.78, 5) is 1.07. The third-order valence-electron chi connectivity index (χ3n) is 5.93. The van der Waals surface area contributed by atoms with Crippen LogP contribution in [-0.2, 0) is 29.5 Å². The summed E-state index contributed by atoms with van der Waals surface area (Å²) in [7, 11) is -0.425. The molecule has 7 heteroatoms. The van der Waals surface area contributed by atoms with Gasteiger partial charge >= 0.3 is 0 Å². The fourth-order valence-electron chi connectivity index (χ4n) is 3.94. The van der Waals surface area contributed by atoms with E-state index in [0.29, 0.717) is 12.8 Å². The van der Waals surface area contributed by atoms with Gasteiger partial charge in [0.2, 0.25) is 10.0 Å². The molecular weight excluding hydrogens is 466 g/mol. The van der Waals surface area contributed by atoms with E-state index in [2.05, 4.69) is 6.58 Å². The van der Waals surface area contributed by atoms with Gasteiger partial charge in [-0.05, 0) is 59.2 Å². The first kappa shape index (κ1) is 26.0. The molecule has 182 valence electrons. The molecular formula is C27H33NO4S2. The lowest BCUT2D eigenvalue weighted by atomic mass is 10.0. The molecule has 0 saturated carbocycles. The molecule has 1 heterocycles. The van der Waals surface area contributed by atoms with Crippen molar-refractivity contribution in [1.82, 2.24) is 4.31 Å². The summed E-state index contributed by atoms with van der Waals surface area (Å²) >= 11 is 1.59. The molecule has 0 aliphatic rings. The van der Waals surface area contributed by atoms with Crippen LogP contribution in [0.1, 0.15) is 29.3 Å². The summed E-state index contributed by atoms with van der Waals surface area (Å²) in [6, 6.07) is 19.1. The van der Waals surface area contributed by atoms with Crippen molar-refractivity contribution in [2.45, 2.75) is 38.1 Å². The van der Waals surface area contributed by atoms with Gasteiger partial charge in [-0.3, -0.25) is 0 Å². The van der Waals surface area contributed by atoms with Gasteiger partial charge < -0.3 is 9.47 Å². The van der Waals surface area contributed by atoms with Gasteiger partial charge in [-0.15, -0.1) is 17.9 Å². The zero-order chi connectivity index (χ0) is 24.6. The van der Waals surface area contributed by atoms with E-state index in [1.807, 2.05) is 73.0 Å². The largest absolute Gasteiger partial charge is 0.497 e. The molecule has 0 aliphatic carbocycles. The maximum absolute atomic E-state index is 14.2. The zero-order valence-electron chi connectivity index (χ0n) is 20.0. The first-order valence-corrected chi connectivity index (χ1v) is 13.6. The van der Waals surface area contributed by atoms with Gasteiger partial charge in [-0.2, -0.15) is 4.31 Å². The molecule has 0 amide bonds. The standard InChI is InChI=1S/C27H33NO4S2/c1-5-7-21(2)27(18-26-8-6-17-33-26)34(29,30)28(19-22-9-13-24(31-3)14-10-22)20-23-11-15-25(32-4)16-12-23/h5-6,8-17,21,27H,1,7,18-20H2,2-4H3/t21-,27+/m1/s1. The second kappa shape index (κ2) is 12.2. The van der Waals surface area contributed by atoms with Crippen LogP contribution < -0.4 is 9.47 Å². The lowest BCUT2D eigenvalue weighted by Gasteiger charge is -2.31. The summed E-state index contributed by atoms with van der Waals surface area (Å²) < 4.78 is 40.5. The van der Waals surface area contributed by atoms with E-state index >= 15 is 0 Å². The molecule has 0 aliphatic heterocycles. The highest BCUT2D eigenvalue weighted by atomic mass is 32.2. The number of thiophene rings is 1. The monoisotopic (exact) mass is 499 g/mol. The first-order chi connectivity index (χ1) is 16.4. The van der Waals surface area contributed by atoms with Crippen LogP contribution in [0, 0.1) is 5.92 Å². The number of rotatable bonds is 13. The van der Waals surface area contributed by atoms with Crippen molar-refractivity contribution in [2.75, 3.05) is 14.2 Å². The molecule has 0 radical (unpaired) electrons. The van der Waals surface area contributed by atoms with Gasteiger partial charge in [0.05, 0.1) is 19.5 Å². The van der Waals surface area contributed by atoms with Crippen LogP contribution in [0.4, 0.5) is 0 Å². The Morgan fingerprint density at radius 1 is 0.941 bits per heavy atom. The highest BCUT2D eigenvalue weighted by molar-refractivity contribution is 7.89. The number of methoxy groups -OCH3 is 2. The van der Waals surface area contributed by atoms with Gasteiger partial charge in [-0.1, -0.05) is 43.3 Å². The summed E-state index contributed by atoms with van der Waals surface area (Å²) in [5.74, 6) is 1.41. The second-order valence-corrected chi connectivity index (χ2v) is 11.5. The van der Waals surface area contributed by atoms with Crippen molar-refractivity contribution in [3.63, 3.8) is 0 Å². The maximum atomic E-state index is 14.2. The average Bonchev–Trinajstić information content (AvgIpc) is 3.36. The Morgan fingerprint density at radius 3 is 1.88 bits per heavy atom. The maximum Gasteiger partial charge on any atom is 0.218 e. The van der Waals surface area contributed by atoms with E-state index in [1.54, 1.807) is 35.9 Å². The van der Waals surface area contributed by atoms with Crippen LogP contribution in [0.3, 0.4) is 0 Å². The summed E-state index contributed by atoms with van der Waals surface area (Å²) in [5.41, 5.74) is 1.81. The Hall–Kier alpha value is -2.61. The minimum absolute atomic E-state index is 0.0705. The van der Waals surface area contributed by atoms with Gasteiger partial charge in [0.25, 0.3) is 0 Å². The van der Waals surface area contributed by atoms with Crippen molar-refractivity contribution in [3.8, 4) is 11.5 Å². The van der Waals surface area contributed by atoms with Gasteiger partial charge in [0.1, 0.15) is 11.5 Å². The molecule has 0 bridgehead atoms. The van der Waals surface area contributed by atoms with Gasteiger partial charge in [-0.25, -0.2) is 8.42 Å². The Labute approximate surface area is 207 Å². The third kappa shape index (κ3) is 6.72. The van der Waals surface area contributed by atoms with Gasteiger partial charge in [0.15, 0.2) is 0 Å². The smallest absolute Gasteiger partial charge is 0.218 e. The average molecular weight is 500 g/mol. The highest BCUT2D eigenvalue weighted by Crippen LogP contribution is 2.29. The quantitative estimate of drug-likeness (QED) is 0.274. The highest BCUT2D eigenvalue weighted by Gasteiger charge is 2.36. The van der Waals surface area contributed by atoms with Crippen LogP contribution in [0.25, 0.3) is 0 Å². The second-order valence-electron chi connectivity index (χ2n) is 8.33. The zero-order valence-corrected chi connectivity index (χ0v) is 21.6. The SMILES string of the molecule is C=CC[C@@H](C)[C@H](Cc1cccs1)S(=O)(=O)N(Cc1ccc(OC)cc1)Cc1ccc(OC)cc1. The van der Waals surface area contributed by atoms with Crippen LogP contribution >= 0.6 is 11.3 Å². The van der Waals surface area contributed by atoms with Crippen molar-refractivity contribution in [2.24, 2.45) is 5.92 Å². The Bertz CT molecular complexity index is 1070. The van der Waals surface area contributed by atoms with Gasteiger partial charge in [0, 0.05) is 24.4 Å². The number of hydrogen-bond acceptors (Lipinski definition) is 5. The molecule has 3 rings (SSSR count). The number of sulfonamides is 1. The summed E-state index contributed by atoms with van der Waals surface area (Å²) in [6.45, 7) is 6.40. The first-order valence-electron chi connectivity index (χ1n) is 11.3. The molecule has 34 heavy (non-hydrogen) atoms. The minimum Gasteiger partial charge on any atom is -0.497 e. The predicted octanol–water partition coefficient (Wildman–Crippen LogP) is 5.92. The molecule has 0 unspecified atom stereocenters. The third-order valence-corrected chi connectivity index (χ3v) is 9.21. The van der Waals surface area contributed by atoms with Crippen LogP contribution in [0.5, 0.6) is 11.5 Å². The number of ether oxygens (including phenoxy) is 2. The van der Waals surface area contributed by atoms with E-state index in [9.17, 15) is 8.42 Å². The topological polar surface area (TPSA) is 55.8 Å². The van der Waals surface area contributed by atoms with Crippen LogP contribution in [0.15, 0.2) is 78.7 Å². The molecule has 2 aromatic carbocycles. The number of allylic oxidation sites excluding steroid dienone is 1. The Balaban J connectivity index is 1.97. The van der Waals surface area contributed by atoms with Crippen LogP contribution in [0.2, 0.25) is 0 Å². The van der Waals surface area contributed by atoms with E-state index < -0.39 is 15.3 Å². The summed E-state index contributed by atoms with van der Waals surface area (Å²) in [6.07, 6.45) is 2.92. The molecule has 2 atom stereocenters. The number of hydrogen-bond donors (Lipinski definition) is 0.